The van der Waals surface area contributed by atoms with Crippen molar-refractivity contribution in [2.45, 2.75) is 65.1 Å². The fourth-order valence-electron chi connectivity index (χ4n) is 3.36. The first-order valence-corrected chi connectivity index (χ1v) is 13.1. The summed E-state index contributed by atoms with van der Waals surface area (Å²) in [7, 11) is 3.06. The van der Waals surface area contributed by atoms with Crippen molar-refractivity contribution in [3.8, 4) is 5.75 Å². The summed E-state index contributed by atoms with van der Waals surface area (Å²) in [5, 5.41) is 2.82. The highest BCUT2D eigenvalue weighted by Crippen LogP contribution is 2.25. The van der Waals surface area contributed by atoms with E-state index in [-0.39, 0.29) is 18.9 Å². The van der Waals surface area contributed by atoms with Gasteiger partial charge in [0.15, 0.2) is 0 Å². The molecule has 1 rings (SSSR count). The summed E-state index contributed by atoms with van der Waals surface area (Å²) in [6, 6.07) is 3.76. The summed E-state index contributed by atoms with van der Waals surface area (Å²) < 4.78 is 18.1. The van der Waals surface area contributed by atoms with Gasteiger partial charge in [0, 0.05) is 13.5 Å². The summed E-state index contributed by atoms with van der Waals surface area (Å²) in [6.07, 6.45) is 3.52. The zero-order valence-electron chi connectivity index (χ0n) is 22.3. The minimum atomic E-state index is -0.980. The van der Waals surface area contributed by atoms with Crippen LogP contribution >= 0.6 is 22.6 Å². The molecule has 1 aromatic rings. The summed E-state index contributed by atoms with van der Waals surface area (Å²) in [6.45, 7) is 12.6. The Morgan fingerprint density at radius 1 is 1.25 bits per heavy atom. The van der Waals surface area contributed by atoms with Crippen LogP contribution in [0.15, 0.2) is 34.9 Å². The molecule has 36 heavy (non-hydrogen) atoms. The number of ether oxygens (including phenoxy) is 3. The van der Waals surface area contributed by atoms with Crippen LogP contribution in [0.1, 0.15) is 52.2 Å². The Balaban J connectivity index is 3.41. The van der Waals surface area contributed by atoms with Gasteiger partial charge in [0.25, 0.3) is 0 Å². The third-order valence-electron chi connectivity index (χ3n) is 5.53. The molecule has 1 N–H and O–H groups in total. The first-order valence-electron chi connectivity index (χ1n) is 11.9. The Kier molecular flexibility index (Phi) is 13.0. The van der Waals surface area contributed by atoms with Crippen molar-refractivity contribution >= 4 is 46.6 Å². The lowest BCUT2D eigenvalue weighted by molar-refractivity contribution is -0.148. The van der Waals surface area contributed by atoms with Gasteiger partial charge in [-0.05, 0) is 60.1 Å². The van der Waals surface area contributed by atoms with Crippen molar-refractivity contribution in [1.82, 2.24) is 10.2 Å². The third-order valence-corrected chi connectivity index (χ3v) is 5.89. The molecule has 200 valence electrons. The van der Waals surface area contributed by atoms with E-state index in [4.69, 9.17) is 14.2 Å². The topological polar surface area (TPSA) is 94.2 Å². The number of hydrogen-bond acceptors (Lipinski definition) is 6. The number of hydrogen-bond donors (Lipinski definition) is 1. The molecule has 3 atom stereocenters. The maximum absolute atomic E-state index is 13.6. The number of carbonyl (C=O) groups excluding carboxylic acids is 3. The molecule has 0 aliphatic rings. The highest BCUT2D eigenvalue weighted by atomic mass is 127. The van der Waals surface area contributed by atoms with Gasteiger partial charge in [-0.15, -0.1) is 0 Å². The van der Waals surface area contributed by atoms with Gasteiger partial charge in [-0.3, -0.25) is 9.69 Å². The van der Waals surface area contributed by atoms with E-state index in [1.165, 1.54) is 18.0 Å². The van der Waals surface area contributed by atoms with E-state index >= 15 is 0 Å². The fourth-order valence-corrected chi connectivity index (χ4v) is 3.77. The first-order chi connectivity index (χ1) is 16.9. The zero-order valence-corrected chi connectivity index (χ0v) is 24.5. The van der Waals surface area contributed by atoms with Crippen LogP contribution in [0, 0.1) is 5.92 Å². The summed E-state index contributed by atoms with van der Waals surface area (Å²) >= 11 is 2.13. The quantitative estimate of drug-likeness (QED) is 0.199. The van der Waals surface area contributed by atoms with Crippen LogP contribution in [0.5, 0.6) is 5.75 Å². The molecule has 0 unspecified atom stereocenters. The second kappa shape index (κ2) is 14.9. The van der Waals surface area contributed by atoms with Gasteiger partial charge in [0.1, 0.15) is 30.0 Å². The molecule has 0 radical (unpaired) electrons. The molecular formula is C27H39IN2O6. The van der Waals surface area contributed by atoms with Gasteiger partial charge in [0.05, 0.1) is 7.11 Å². The minimum absolute atomic E-state index is 0.0389. The third kappa shape index (κ3) is 9.83. The Hall–Kier alpha value is -2.56. The van der Waals surface area contributed by atoms with Gasteiger partial charge in [-0.25, -0.2) is 9.59 Å². The number of benzene rings is 1. The lowest BCUT2D eigenvalue weighted by Crippen LogP contribution is -2.55. The Labute approximate surface area is 228 Å². The van der Waals surface area contributed by atoms with E-state index in [0.29, 0.717) is 12.2 Å². The highest BCUT2D eigenvalue weighted by Gasteiger charge is 2.35. The maximum atomic E-state index is 13.6. The van der Waals surface area contributed by atoms with Crippen LogP contribution < -0.4 is 10.1 Å². The van der Waals surface area contributed by atoms with E-state index in [0.717, 1.165) is 11.1 Å². The predicted molar refractivity (Wildman–Crippen MR) is 150 cm³/mol. The molecule has 0 spiro atoms. The van der Waals surface area contributed by atoms with Crippen molar-refractivity contribution in [3.63, 3.8) is 0 Å². The highest BCUT2D eigenvalue weighted by molar-refractivity contribution is 14.1. The number of halogens is 1. The van der Waals surface area contributed by atoms with Crippen molar-refractivity contribution in [1.29, 1.82) is 0 Å². The number of rotatable bonds is 12. The van der Waals surface area contributed by atoms with Crippen molar-refractivity contribution in [3.05, 3.63) is 46.1 Å². The number of carbonyl (C=O) groups is 3. The smallest absolute Gasteiger partial charge is 0.410 e. The number of nitrogens with one attached hydrogen (secondary N) is 1. The zero-order chi connectivity index (χ0) is 27.5. The largest absolute Gasteiger partial charge is 0.496 e. The van der Waals surface area contributed by atoms with E-state index < -0.39 is 35.7 Å². The van der Waals surface area contributed by atoms with Crippen LogP contribution in [0.4, 0.5) is 4.79 Å². The van der Waals surface area contributed by atoms with Crippen LogP contribution in [0.3, 0.4) is 0 Å². The molecule has 0 aliphatic heterocycles. The number of likely N-dealkylation sites (N-methyl/N-ethyl adjacent to an activating group) is 1. The van der Waals surface area contributed by atoms with Gasteiger partial charge in [0.2, 0.25) is 5.91 Å². The monoisotopic (exact) mass is 614 g/mol. The number of esters is 1. The molecule has 0 heterocycles. The van der Waals surface area contributed by atoms with E-state index in [2.05, 4.69) is 34.5 Å². The van der Waals surface area contributed by atoms with Gasteiger partial charge in [-0.1, -0.05) is 61.6 Å². The van der Waals surface area contributed by atoms with E-state index in [1.807, 2.05) is 42.2 Å². The second-order valence-corrected chi connectivity index (χ2v) is 10.2. The first kappa shape index (κ1) is 31.5. The van der Waals surface area contributed by atoms with Crippen molar-refractivity contribution in [2.75, 3.05) is 20.8 Å². The van der Waals surface area contributed by atoms with Crippen LogP contribution in [-0.4, -0.2) is 61.3 Å². The fraction of sp³-hybridized carbons (Fsp3) is 0.519. The van der Waals surface area contributed by atoms with Gasteiger partial charge >= 0.3 is 12.1 Å². The summed E-state index contributed by atoms with van der Waals surface area (Å²) in [5.74, 6) is -0.658. The molecular weight excluding hydrogens is 575 g/mol. The van der Waals surface area contributed by atoms with Crippen LogP contribution in [0.25, 0.3) is 6.08 Å². The SMILES string of the molecule is C=CCOC(=O)[C@@H](NC(=O)[C@H](Cc1cc(/C=C\I)ccc1OC)N(C)C(=O)OC(C)(C)C)[C@@H](C)CC. The molecule has 0 saturated carbocycles. The maximum Gasteiger partial charge on any atom is 0.410 e. The van der Waals surface area contributed by atoms with Gasteiger partial charge < -0.3 is 19.5 Å². The number of methoxy groups -OCH3 is 1. The number of amides is 2. The average molecular weight is 615 g/mol. The molecule has 0 aliphatic carbocycles. The molecule has 8 nitrogen and oxygen atoms in total. The predicted octanol–water partition coefficient (Wildman–Crippen LogP) is 5.14. The van der Waals surface area contributed by atoms with Crippen LogP contribution in [-0.2, 0) is 25.5 Å². The normalized spacial score (nSPS) is 13.9. The summed E-state index contributed by atoms with van der Waals surface area (Å²) in [5.41, 5.74) is 0.905. The Morgan fingerprint density at radius 2 is 1.92 bits per heavy atom. The lowest BCUT2D eigenvalue weighted by Gasteiger charge is -2.32. The molecule has 0 bridgehead atoms. The number of nitrogens with zero attached hydrogens (tertiary/aromatic N) is 1. The Morgan fingerprint density at radius 3 is 2.44 bits per heavy atom. The molecule has 1 aromatic carbocycles. The molecule has 9 heteroatoms. The Bertz CT molecular complexity index is 941. The van der Waals surface area contributed by atoms with E-state index in [1.54, 1.807) is 27.9 Å². The van der Waals surface area contributed by atoms with Gasteiger partial charge in [-0.2, -0.15) is 0 Å². The minimum Gasteiger partial charge on any atom is -0.496 e. The van der Waals surface area contributed by atoms with E-state index in [9.17, 15) is 14.4 Å². The average Bonchev–Trinajstić information content (AvgIpc) is 2.82. The molecule has 0 aromatic heterocycles. The van der Waals surface area contributed by atoms with Crippen molar-refractivity contribution < 1.29 is 28.6 Å². The lowest BCUT2D eigenvalue weighted by atomic mass is 9.97. The second-order valence-electron chi connectivity index (χ2n) is 9.47. The molecule has 2 amide bonds. The molecule has 0 fully saturated rings. The standard InChI is InChI=1S/C27H39IN2O6/c1-9-15-35-25(32)23(18(3)10-2)29-24(31)21(30(7)26(33)36-27(4,5)6)17-20-16-19(13-14-28)11-12-22(20)34-8/h9,11-14,16,18,21,23H,1,10,15,17H2,2-8H3,(H,29,31)/b14-13-/t18-,21-,23-/m0/s1. The van der Waals surface area contributed by atoms with Crippen molar-refractivity contribution in [2.24, 2.45) is 5.92 Å². The van der Waals surface area contributed by atoms with Crippen LogP contribution in [0.2, 0.25) is 0 Å². The molecule has 0 saturated heterocycles. The summed E-state index contributed by atoms with van der Waals surface area (Å²) in [4.78, 5) is 40.5.